The van der Waals surface area contributed by atoms with E-state index in [9.17, 15) is 4.79 Å². The fourth-order valence-electron chi connectivity index (χ4n) is 2.86. The Morgan fingerprint density at radius 3 is 2.50 bits per heavy atom. The van der Waals surface area contributed by atoms with Gasteiger partial charge in [0.1, 0.15) is 0 Å². The minimum atomic E-state index is 0.0275. The molecule has 0 radical (unpaired) electrons. The number of aromatic nitrogens is 2. The Morgan fingerprint density at radius 2 is 1.86 bits per heavy atom. The number of anilines is 1. The Morgan fingerprint density at radius 1 is 1.18 bits per heavy atom. The van der Waals surface area contributed by atoms with Crippen LogP contribution in [0.25, 0.3) is 11.0 Å². The number of nitrogens with one attached hydrogen (secondary N) is 1. The van der Waals surface area contributed by atoms with Crippen molar-refractivity contribution < 1.29 is 4.79 Å². The van der Waals surface area contributed by atoms with Crippen molar-refractivity contribution in [2.75, 3.05) is 31.1 Å². The Labute approximate surface area is 130 Å². The summed E-state index contributed by atoms with van der Waals surface area (Å²) in [5.74, 6) is 0.977. The minimum Gasteiger partial charge on any atom is -0.339 e. The van der Waals surface area contributed by atoms with E-state index >= 15 is 0 Å². The van der Waals surface area contributed by atoms with Crippen LogP contribution in [0.2, 0.25) is 0 Å². The molecule has 0 bridgehead atoms. The zero-order valence-electron chi connectivity index (χ0n) is 13.4. The van der Waals surface area contributed by atoms with Gasteiger partial charge < -0.3 is 19.7 Å². The Kier molecular flexibility index (Phi) is 3.92. The predicted molar refractivity (Wildman–Crippen MR) is 88.2 cm³/mol. The van der Waals surface area contributed by atoms with Crippen LogP contribution in [0.15, 0.2) is 24.3 Å². The first-order valence-electron chi connectivity index (χ1n) is 7.78. The Balaban J connectivity index is 1.70. The summed E-state index contributed by atoms with van der Waals surface area (Å²) in [5.41, 5.74) is 2.15. The lowest BCUT2D eigenvalue weighted by Crippen LogP contribution is -2.53. The highest BCUT2D eigenvalue weighted by atomic mass is 16.2. The number of rotatable bonds is 2. The van der Waals surface area contributed by atoms with Gasteiger partial charge in [-0.15, -0.1) is 0 Å². The van der Waals surface area contributed by atoms with Gasteiger partial charge >= 0.3 is 6.03 Å². The molecule has 1 fully saturated rings. The summed E-state index contributed by atoms with van der Waals surface area (Å²) in [6.45, 7) is 7.02. The third-order valence-corrected chi connectivity index (χ3v) is 4.03. The molecule has 0 atom stereocenters. The van der Waals surface area contributed by atoms with Gasteiger partial charge in [-0.1, -0.05) is 12.1 Å². The zero-order chi connectivity index (χ0) is 15.7. The molecule has 1 aliphatic rings. The minimum absolute atomic E-state index is 0.0275. The fraction of sp³-hybridized carbons (Fsp3) is 0.500. The van der Waals surface area contributed by atoms with Crippen LogP contribution in [-0.2, 0) is 7.05 Å². The third-order valence-electron chi connectivity index (χ3n) is 4.03. The van der Waals surface area contributed by atoms with Gasteiger partial charge in [-0.25, -0.2) is 9.78 Å². The lowest BCUT2D eigenvalue weighted by Gasteiger charge is -2.35. The number of amides is 2. The molecule has 6 nitrogen and oxygen atoms in total. The number of piperazine rings is 1. The maximum atomic E-state index is 12.0. The number of benzene rings is 1. The fourth-order valence-corrected chi connectivity index (χ4v) is 2.86. The van der Waals surface area contributed by atoms with Crippen LogP contribution in [0.3, 0.4) is 0 Å². The van der Waals surface area contributed by atoms with Crippen LogP contribution in [0.1, 0.15) is 13.8 Å². The first-order valence-corrected chi connectivity index (χ1v) is 7.78. The maximum absolute atomic E-state index is 12.0. The number of hydrogen-bond donors (Lipinski definition) is 1. The molecule has 1 aliphatic heterocycles. The number of imidazole rings is 1. The highest BCUT2D eigenvalue weighted by Gasteiger charge is 2.24. The molecule has 0 spiro atoms. The third kappa shape index (κ3) is 2.73. The molecular weight excluding hydrogens is 278 g/mol. The predicted octanol–water partition coefficient (Wildman–Crippen LogP) is 1.81. The van der Waals surface area contributed by atoms with Gasteiger partial charge in [-0.3, -0.25) is 0 Å². The van der Waals surface area contributed by atoms with Gasteiger partial charge in [0.25, 0.3) is 0 Å². The number of carbonyl (C=O) groups excluding carboxylic acids is 1. The number of urea groups is 1. The van der Waals surface area contributed by atoms with Crippen molar-refractivity contribution >= 4 is 23.0 Å². The molecule has 2 heterocycles. The average Bonchev–Trinajstić information content (AvgIpc) is 2.84. The molecule has 0 saturated carbocycles. The van der Waals surface area contributed by atoms with Crippen LogP contribution in [0.4, 0.5) is 10.7 Å². The van der Waals surface area contributed by atoms with E-state index in [0.29, 0.717) is 0 Å². The quantitative estimate of drug-likeness (QED) is 0.920. The first kappa shape index (κ1) is 14.7. The van der Waals surface area contributed by atoms with E-state index in [4.69, 9.17) is 4.98 Å². The highest BCUT2D eigenvalue weighted by Crippen LogP contribution is 2.21. The van der Waals surface area contributed by atoms with Crippen molar-refractivity contribution in [2.45, 2.75) is 19.9 Å². The first-order chi connectivity index (χ1) is 10.6. The number of carbonyl (C=O) groups is 1. The topological polar surface area (TPSA) is 53.4 Å². The molecule has 2 aromatic rings. The van der Waals surface area contributed by atoms with E-state index in [2.05, 4.69) is 20.9 Å². The molecule has 0 unspecified atom stereocenters. The second-order valence-corrected chi connectivity index (χ2v) is 6.04. The van der Waals surface area contributed by atoms with Crippen LogP contribution in [-0.4, -0.2) is 52.7 Å². The van der Waals surface area contributed by atoms with Gasteiger partial charge in [-0.05, 0) is 26.0 Å². The van der Waals surface area contributed by atoms with Gasteiger partial charge in [0, 0.05) is 39.3 Å². The maximum Gasteiger partial charge on any atom is 0.317 e. The molecule has 3 rings (SSSR count). The highest BCUT2D eigenvalue weighted by molar-refractivity contribution is 5.79. The van der Waals surface area contributed by atoms with E-state index in [-0.39, 0.29) is 12.1 Å². The summed E-state index contributed by atoms with van der Waals surface area (Å²) in [4.78, 5) is 20.9. The second-order valence-electron chi connectivity index (χ2n) is 6.04. The van der Waals surface area contributed by atoms with Crippen LogP contribution >= 0.6 is 0 Å². The van der Waals surface area contributed by atoms with Crippen molar-refractivity contribution in [2.24, 2.45) is 7.05 Å². The van der Waals surface area contributed by atoms with E-state index in [1.54, 1.807) is 0 Å². The molecule has 1 aromatic carbocycles. The van der Waals surface area contributed by atoms with Crippen molar-refractivity contribution in [3.63, 3.8) is 0 Å². The molecule has 1 saturated heterocycles. The van der Waals surface area contributed by atoms with Crippen LogP contribution < -0.4 is 10.2 Å². The lowest BCUT2D eigenvalue weighted by molar-refractivity contribution is 0.191. The standard InChI is InChI=1S/C16H23N5O/c1-12(2)17-16(22)21-10-8-20(9-11-21)15-18-13-6-4-5-7-14(13)19(15)3/h4-7,12H,8-11H2,1-3H3,(H,17,22). The zero-order valence-corrected chi connectivity index (χ0v) is 13.4. The summed E-state index contributed by atoms with van der Waals surface area (Å²) in [6.07, 6.45) is 0. The molecule has 2 amide bonds. The summed E-state index contributed by atoms with van der Waals surface area (Å²) < 4.78 is 2.12. The number of para-hydroxylation sites is 2. The largest absolute Gasteiger partial charge is 0.339 e. The van der Waals surface area contributed by atoms with E-state index in [1.807, 2.05) is 44.0 Å². The lowest BCUT2D eigenvalue weighted by atomic mass is 10.3. The SMILES string of the molecule is CC(C)NC(=O)N1CCN(c2nc3ccccc3n2C)CC1. The van der Waals surface area contributed by atoms with E-state index in [0.717, 1.165) is 43.2 Å². The molecule has 6 heteroatoms. The monoisotopic (exact) mass is 301 g/mol. The van der Waals surface area contributed by atoms with Crippen LogP contribution in [0, 0.1) is 0 Å². The number of aryl methyl sites for hydroxylation is 1. The summed E-state index contributed by atoms with van der Waals surface area (Å²) in [6, 6.07) is 8.35. The Hall–Kier alpha value is -2.24. The van der Waals surface area contributed by atoms with Crippen molar-refractivity contribution in [1.82, 2.24) is 19.8 Å². The molecule has 22 heavy (non-hydrogen) atoms. The van der Waals surface area contributed by atoms with Gasteiger partial charge in [0.15, 0.2) is 0 Å². The molecule has 0 aliphatic carbocycles. The van der Waals surface area contributed by atoms with Crippen LogP contribution in [0.5, 0.6) is 0 Å². The van der Waals surface area contributed by atoms with E-state index in [1.165, 1.54) is 0 Å². The van der Waals surface area contributed by atoms with Crippen molar-refractivity contribution in [1.29, 1.82) is 0 Å². The molecule has 1 aromatic heterocycles. The summed E-state index contributed by atoms with van der Waals surface area (Å²) in [7, 11) is 2.04. The summed E-state index contributed by atoms with van der Waals surface area (Å²) >= 11 is 0. The number of fused-ring (bicyclic) bond motifs is 1. The normalized spacial score (nSPS) is 15.6. The smallest absolute Gasteiger partial charge is 0.317 e. The van der Waals surface area contributed by atoms with Gasteiger partial charge in [0.2, 0.25) is 5.95 Å². The number of nitrogens with zero attached hydrogens (tertiary/aromatic N) is 4. The molecule has 1 N–H and O–H groups in total. The van der Waals surface area contributed by atoms with Crippen molar-refractivity contribution in [3.8, 4) is 0 Å². The summed E-state index contributed by atoms with van der Waals surface area (Å²) in [5, 5.41) is 2.95. The van der Waals surface area contributed by atoms with E-state index < -0.39 is 0 Å². The number of hydrogen-bond acceptors (Lipinski definition) is 3. The molecular formula is C16H23N5O. The molecule has 118 valence electrons. The van der Waals surface area contributed by atoms with Gasteiger partial charge in [-0.2, -0.15) is 0 Å². The van der Waals surface area contributed by atoms with Crippen molar-refractivity contribution in [3.05, 3.63) is 24.3 Å². The second kappa shape index (κ2) is 5.87. The average molecular weight is 301 g/mol. The van der Waals surface area contributed by atoms with Gasteiger partial charge in [0.05, 0.1) is 11.0 Å². The Bertz CT molecular complexity index is 670.